The Bertz CT molecular complexity index is 477. The van der Waals surface area contributed by atoms with Crippen molar-refractivity contribution in [2.24, 2.45) is 5.92 Å². The predicted octanol–water partition coefficient (Wildman–Crippen LogP) is 2.33. The van der Waals surface area contributed by atoms with Gasteiger partial charge in [0, 0.05) is 12.2 Å². The number of aromatic carboxylic acids is 1. The Morgan fingerprint density at radius 1 is 1.47 bits per heavy atom. The van der Waals surface area contributed by atoms with Crippen LogP contribution in [0.1, 0.15) is 41.9 Å². The van der Waals surface area contributed by atoms with Gasteiger partial charge >= 0.3 is 12.0 Å². The number of urea groups is 1. The van der Waals surface area contributed by atoms with Crippen LogP contribution in [0, 0.1) is 12.8 Å². The van der Waals surface area contributed by atoms with Crippen LogP contribution in [0.15, 0.2) is 6.07 Å². The van der Waals surface area contributed by atoms with Gasteiger partial charge in [-0.15, -0.1) is 0 Å². The first-order chi connectivity index (χ1) is 9.06. The number of hydrogen-bond donors (Lipinski definition) is 4. The van der Waals surface area contributed by atoms with Crippen LogP contribution in [-0.4, -0.2) is 28.6 Å². The molecule has 0 aliphatic heterocycles. The number of nitrogens with one attached hydrogen (secondary N) is 3. The van der Waals surface area contributed by atoms with E-state index < -0.39 is 5.97 Å². The molecule has 0 unspecified atom stereocenters. The molecule has 0 bridgehead atoms. The molecule has 6 nitrogen and oxygen atoms in total. The monoisotopic (exact) mass is 265 g/mol. The largest absolute Gasteiger partial charge is 0.477 e. The maximum absolute atomic E-state index is 11.7. The van der Waals surface area contributed by atoms with Crippen LogP contribution in [0.4, 0.5) is 10.5 Å². The number of hydrogen-bond acceptors (Lipinski definition) is 2. The Kier molecular flexibility index (Phi) is 4.09. The second-order valence-electron chi connectivity index (χ2n) is 5.01. The average molecular weight is 265 g/mol. The van der Waals surface area contributed by atoms with Crippen molar-refractivity contribution in [3.8, 4) is 0 Å². The zero-order chi connectivity index (χ0) is 13.8. The minimum atomic E-state index is -1.09. The third-order valence-electron chi connectivity index (χ3n) is 3.48. The molecule has 1 aliphatic carbocycles. The highest BCUT2D eigenvalue weighted by Gasteiger charge is 2.18. The number of rotatable bonds is 5. The fourth-order valence-corrected chi connectivity index (χ4v) is 2.19. The average Bonchev–Trinajstić information content (AvgIpc) is 2.63. The van der Waals surface area contributed by atoms with Crippen molar-refractivity contribution in [3.63, 3.8) is 0 Å². The summed E-state index contributed by atoms with van der Waals surface area (Å²) in [6.45, 7) is 2.37. The smallest absolute Gasteiger partial charge is 0.354 e. The standard InChI is InChI=1S/C13H19N3O3/c1-8-7-10(11(15-8)12(17)18)16-13(19)14-6-5-9-3-2-4-9/h7,9,15H,2-6H2,1H3,(H,17,18)(H2,14,16,19). The van der Waals surface area contributed by atoms with Gasteiger partial charge in [0.25, 0.3) is 0 Å². The van der Waals surface area contributed by atoms with E-state index in [1.807, 2.05) is 0 Å². The Labute approximate surface area is 111 Å². The molecule has 0 saturated heterocycles. The summed E-state index contributed by atoms with van der Waals surface area (Å²) in [6.07, 6.45) is 4.79. The van der Waals surface area contributed by atoms with Gasteiger partial charge in [0.05, 0.1) is 5.69 Å². The summed E-state index contributed by atoms with van der Waals surface area (Å²) in [5, 5.41) is 14.3. The summed E-state index contributed by atoms with van der Waals surface area (Å²) in [6, 6.07) is 1.25. The van der Waals surface area contributed by atoms with Gasteiger partial charge in [-0.05, 0) is 25.3 Å². The molecule has 1 aliphatic rings. The Hall–Kier alpha value is -1.98. The van der Waals surface area contributed by atoms with E-state index in [2.05, 4.69) is 15.6 Å². The maximum atomic E-state index is 11.7. The highest BCUT2D eigenvalue weighted by atomic mass is 16.4. The second-order valence-corrected chi connectivity index (χ2v) is 5.01. The van der Waals surface area contributed by atoms with Gasteiger partial charge in [-0.2, -0.15) is 0 Å². The lowest BCUT2D eigenvalue weighted by Gasteiger charge is -2.25. The Morgan fingerprint density at radius 3 is 2.79 bits per heavy atom. The van der Waals surface area contributed by atoms with Crippen molar-refractivity contribution in [2.45, 2.75) is 32.6 Å². The topological polar surface area (TPSA) is 94.2 Å². The molecule has 2 rings (SSSR count). The highest BCUT2D eigenvalue weighted by molar-refractivity contribution is 5.99. The molecule has 1 heterocycles. The number of aromatic nitrogens is 1. The van der Waals surface area contributed by atoms with Gasteiger partial charge in [-0.1, -0.05) is 19.3 Å². The minimum absolute atomic E-state index is 0.00615. The molecule has 0 aromatic carbocycles. The molecule has 0 radical (unpaired) electrons. The van der Waals surface area contributed by atoms with Crippen molar-refractivity contribution >= 4 is 17.7 Å². The number of aryl methyl sites for hydroxylation is 1. The summed E-state index contributed by atoms with van der Waals surface area (Å²) < 4.78 is 0. The zero-order valence-electron chi connectivity index (χ0n) is 11.0. The van der Waals surface area contributed by atoms with Crippen molar-refractivity contribution < 1.29 is 14.7 Å². The third kappa shape index (κ3) is 3.49. The van der Waals surface area contributed by atoms with E-state index in [4.69, 9.17) is 5.11 Å². The van der Waals surface area contributed by atoms with Crippen LogP contribution in [0.3, 0.4) is 0 Å². The molecule has 4 N–H and O–H groups in total. The molecular weight excluding hydrogens is 246 g/mol. The lowest BCUT2D eigenvalue weighted by Crippen LogP contribution is -2.31. The highest BCUT2D eigenvalue weighted by Crippen LogP contribution is 2.28. The second kappa shape index (κ2) is 5.77. The molecule has 104 valence electrons. The van der Waals surface area contributed by atoms with Crippen LogP contribution in [0.25, 0.3) is 0 Å². The van der Waals surface area contributed by atoms with E-state index in [0.717, 1.165) is 12.3 Å². The van der Waals surface area contributed by atoms with Crippen LogP contribution in [0.5, 0.6) is 0 Å². The number of carboxylic acid groups (broad SMARTS) is 1. The third-order valence-corrected chi connectivity index (χ3v) is 3.48. The minimum Gasteiger partial charge on any atom is -0.477 e. The predicted molar refractivity (Wildman–Crippen MR) is 71.5 cm³/mol. The first-order valence-corrected chi connectivity index (χ1v) is 6.54. The Morgan fingerprint density at radius 2 is 2.21 bits per heavy atom. The van der Waals surface area contributed by atoms with E-state index >= 15 is 0 Å². The van der Waals surface area contributed by atoms with Gasteiger partial charge in [0.1, 0.15) is 5.69 Å². The van der Waals surface area contributed by atoms with Crippen molar-refractivity contribution in [2.75, 3.05) is 11.9 Å². The van der Waals surface area contributed by atoms with Gasteiger partial charge in [-0.25, -0.2) is 9.59 Å². The number of carboxylic acids is 1. The number of H-pyrrole nitrogens is 1. The number of amides is 2. The summed E-state index contributed by atoms with van der Waals surface area (Å²) in [4.78, 5) is 25.3. The van der Waals surface area contributed by atoms with Crippen LogP contribution >= 0.6 is 0 Å². The van der Waals surface area contributed by atoms with E-state index in [9.17, 15) is 9.59 Å². The van der Waals surface area contributed by atoms with Gasteiger partial charge in [0.2, 0.25) is 0 Å². The van der Waals surface area contributed by atoms with E-state index in [1.165, 1.54) is 19.3 Å². The molecule has 0 atom stereocenters. The van der Waals surface area contributed by atoms with E-state index in [1.54, 1.807) is 13.0 Å². The SMILES string of the molecule is Cc1cc(NC(=O)NCCC2CCC2)c(C(=O)O)[nH]1. The number of anilines is 1. The van der Waals surface area contributed by atoms with Gasteiger partial charge < -0.3 is 20.7 Å². The molecule has 2 amide bonds. The fraction of sp³-hybridized carbons (Fsp3) is 0.538. The van der Waals surface area contributed by atoms with Gasteiger partial charge in [-0.3, -0.25) is 0 Å². The quantitative estimate of drug-likeness (QED) is 0.658. The van der Waals surface area contributed by atoms with E-state index in [0.29, 0.717) is 17.9 Å². The number of carbonyl (C=O) groups is 2. The summed E-state index contributed by atoms with van der Waals surface area (Å²) >= 11 is 0. The summed E-state index contributed by atoms with van der Waals surface area (Å²) in [5.41, 5.74) is 1.000. The van der Waals surface area contributed by atoms with Crippen molar-refractivity contribution in [1.29, 1.82) is 0 Å². The first kappa shape index (κ1) is 13.5. The molecule has 1 aromatic heterocycles. The van der Waals surface area contributed by atoms with Crippen LogP contribution in [0.2, 0.25) is 0 Å². The van der Waals surface area contributed by atoms with Crippen LogP contribution in [-0.2, 0) is 0 Å². The molecule has 1 saturated carbocycles. The fourth-order valence-electron chi connectivity index (χ4n) is 2.19. The summed E-state index contributed by atoms with van der Waals surface area (Å²) in [5.74, 6) is -0.345. The van der Waals surface area contributed by atoms with Gasteiger partial charge in [0.15, 0.2) is 0 Å². The number of aromatic amines is 1. The lowest BCUT2D eigenvalue weighted by atomic mass is 9.83. The zero-order valence-corrected chi connectivity index (χ0v) is 11.0. The normalized spacial score (nSPS) is 14.8. The first-order valence-electron chi connectivity index (χ1n) is 6.54. The molecular formula is C13H19N3O3. The number of carbonyl (C=O) groups excluding carboxylic acids is 1. The molecule has 1 fully saturated rings. The summed E-state index contributed by atoms with van der Waals surface area (Å²) in [7, 11) is 0. The van der Waals surface area contributed by atoms with Crippen molar-refractivity contribution in [1.82, 2.24) is 10.3 Å². The van der Waals surface area contributed by atoms with Crippen molar-refractivity contribution in [3.05, 3.63) is 17.5 Å². The van der Waals surface area contributed by atoms with Crippen LogP contribution < -0.4 is 10.6 Å². The molecule has 1 aromatic rings. The molecule has 6 heteroatoms. The molecule has 19 heavy (non-hydrogen) atoms. The maximum Gasteiger partial charge on any atom is 0.354 e. The van der Waals surface area contributed by atoms with E-state index in [-0.39, 0.29) is 11.7 Å². The Balaban J connectivity index is 1.82. The molecule has 0 spiro atoms. The lowest BCUT2D eigenvalue weighted by molar-refractivity contribution is 0.0692.